The topological polar surface area (TPSA) is 44.5 Å². The van der Waals surface area contributed by atoms with Gasteiger partial charge in [0.1, 0.15) is 0 Å². The molecule has 7 heteroatoms. The molecule has 0 saturated carbocycles. The molecule has 0 aliphatic carbocycles. The van der Waals surface area contributed by atoms with Gasteiger partial charge in [-0.15, -0.1) is 0 Å². The Hall–Kier alpha value is -2.55. The van der Waals surface area contributed by atoms with E-state index in [9.17, 15) is 0 Å². The van der Waals surface area contributed by atoms with E-state index in [1.807, 2.05) is 18.5 Å². The average Bonchev–Trinajstić information content (AvgIpc) is 3.32. The zero-order valence-electron chi connectivity index (χ0n) is 13.6. The quantitative estimate of drug-likeness (QED) is 0.334. The molecule has 0 spiro atoms. The SMILES string of the molecule is Cc1c2c(cc3c1n(I)c1nccn31)n1c3ccccc3nc1n2C. The van der Waals surface area contributed by atoms with Crippen LogP contribution in [0.5, 0.6) is 0 Å². The van der Waals surface area contributed by atoms with Crippen molar-refractivity contribution in [3.63, 3.8) is 0 Å². The maximum Gasteiger partial charge on any atom is 0.224 e. The van der Waals surface area contributed by atoms with E-state index in [0.717, 1.165) is 28.1 Å². The maximum atomic E-state index is 4.84. The monoisotopic (exact) mass is 440 g/mol. The summed E-state index contributed by atoms with van der Waals surface area (Å²) in [5.74, 6) is 1.91. The van der Waals surface area contributed by atoms with Crippen molar-refractivity contribution in [3.8, 4) is 0 Å². The number of rotatable bonds is 0. The molecular weight excluding hydrogens is 427 g/mol. The number of imidazole rings is 4. The van der Waals surface area contributed by atoms with E-state index in [2.05, 4.69) is 82.2 Å². The van der Waals surface area contributed by atoms with Crippen LogP contribution in [-0.4, -0.2) is 26.1 Å². The molecule has 0 atom stereocenters. The van der Waals surface area contributed by atoms with Crippen molar-refractivity contribution in [2.45, 2.75) is 6.92 Å². The number of aromatic nitrogens is 6. The van der Waals surface area contributed by atoms with E-state index >= 15 is 0 Å². The molecule has 2 aromatic carbocycles. The summed E-state index contributed by atoms with van der Waals surface area (Å²) >= 11 is 2.33. The minimum atomic E-state index is 0.945. The first kappa shape index (κ1) is 13.7. The third-order valence-corrected chi connectivity index (χ3v) is 6.06. The van der Waals surface area contributed by atoms with Gasteiger partial charge in [0.25, 0.3) is 0 Å². The molecule has 0 fully saturated rings. The van der Waals surface area contributed by atoms with Gasteiger partial charge in [0, 0.05) is 25.0 Å². The number of halogens is 1. The summed E-state index contributed by atoms with van der Waals surface area (Å²) in [4.78, 5) is 9.33. The molecule has 0 aliphatic rings. The third-order valence-electron chi connectivity index (χ3n) is 5.14. The summed E-state index contributed by atoms with van der Waals surface area (Å²) < 4.78 is 8.73. The van der Waals surface area contributed by atoms with Crippen LogP contribution in [0.25, 0.3) is 44.7 Å². The van der Waals surface area contributed by atoms with Crippen molar-refractivity contribution in [2.24, 2.45) is 7.05 Å². The second-order valence-electron chi connectivity index (χ2n) is 6.41. The van der Waals surface area contributed by atoms with E-state index in [-0.39, 0.29) is 0 Å². The fourth-order valence-corrected chi connectivity index (χ4v) is 5.06. The van der Waals surface area contributed by atoms with Crippen LogP contribution in [0.4, 0.5) is 0 Å². The lowest BCUT2D eigenvalue weighted by Crippen LogP contribution is -1.92. The number of aryl methyl sites for hydroxylation is 2. The highest BCUT2D eigenvalue weighted by atomic mass is 127. The Labute approximate surface area is 155 Å². The summed E-state index contributed by atoms with van der Waals surface area (Å²) in [6, 6.07) is 10.5. The standard InChI is InChI=1S/C18H13IN6/c1-10-15-14(9-13-16(10)25(19)17-20-7-8-23(13)17)24-12-6-4-3-5-11(12)21-18(24)22(15)2/h3-9H,1-2H3. The number of hydrogen-bond donors (Lipinski definition) is 0. The lowest BCUT2D eigenvalue weighted by atomic mass is 10.1. The Bertz CT molecular complexity index is 1480. The van der Waals surface area contributed by atoms with E-state index in [1.165, 1.54) is 22.1 Å². The van der Waals surface area contributed by atoms with Gasteiger partial charge in [-0.3, -0.25) is 8.80 Å². The first-order valence-corrected chi connectivity index (χ1v) is 9.02. The summed E-state index contributed by atoms with van der Waals surface area (Å²) in [6.45, 7) is 2.18. The van der Waals surface area contributed by atoms with Gasteiger partial charge >= 0.3 is 0 Å². The first-order chi connectivity index (χ1) is 12.2. The molecule has 4 aromatic heterocycles. The second-order valence-corrected chi connectivity index (χ2v) is 7.37. The molecule has 0 saturated heterocycles. The van der Waals surface area contributed by atoms with Crippen molar-refractivity contribution in [1.82, 2.24) is 26.1 Å². The number of para-hydroxylation sites is 2. The van der Waals surface area contributed by atoms with Gasteiger partial charge < -0.3 is 4.57 Å². The van der Waals surface area contributed by atoms with E-state index < -0.39 is 0 Å². The van der Waals surface area contributed by atoms with Crippen molar-refractivity contribution >= 4 is 67.5 Å². The highest BCUT2D eigenvalue weighted by molar-refractivity contribution is 14.1. The molecule has 0 amide bonds. The van der Waals surface area contributed by atoms with Crippen LogP contribution >= 0.6 is 22.9 Å². The minimum Gasteiger partial charge on any atom is -0.312 e. The lowest BCUT2D eigenvalue weighted by Gasteiger charge is -2.04. The Balaban J connectivity index is 1.98. The van der Waals surface area contributed by atoms with Crippen LogP contribution in [0.3, 0.4) is 0 Å². The molecule has 25 heavy (non-hydrogen) atoms. The molecule has 6 nitrogen and oxygen atoms in total. The Morgan fingerprint density at radius 3 is 2.72 bits per heavy atom. The summed E-state index contributed by atoms with van der Waals surface area (Å²) in [5.41, 5.74) is 8.14. The predicted octanol–water partition coefficient (Wildman–Crippen LogP) is 4.09. The number of hydrogen-bond acceptors (Lipinski definition) is 2. The highest BCUT2D eigenvalue weighted by Crippen LogP contribution is 2.34. The van der Waals surface area contributed by atoms with E-state index in [4.69, 9.17) is 4.98 Å². The zero-order chi connectivity index (χ0) is 16.9. The smallest absolute Gasteiger partial charge is 0.224 e. The summed E-state index contributed by atoms with van der Waals surface area (Å²) in [7, 11) is 2.09. The molecule has 0 aliphatic heterocycles. The van der Waals surface area contributed by atoms with Gasteiger partial charge in [0.2, 0.25) is 11.6 Å². The fourth-order valence-electron chi connectivity index (χ4n) is 4.09. The normalized spacial score (nSPS) is 12.6. The Morgan fingerprint density at radius 1 is 1.00 bits per heavy atom. The molecule has 0 radical (unpaired) electrons. The van der Waals surface area contributed by atoms with E-state index in [1.54, 1.807) is 0 Å². The second kappa shape index (κ2) is 4.34. The number of benzene rings is 2. The van der Waals surface area contributed by atoms with Crippen LogP contribution in [0.2, 0.25) is 0 Å². The minimum absolute atomic E-state index is 0.945. The van der Waals surface area contributed by atoms with Gasteiger partial charge in [-0.05, 0) is 25.1 Å². The molecule has 0 N–H and O–H groups in total. The van der Waals surface area contributed by atoms with Gasteiger partial charge in [0.05, 0.1) is 56.0 Å². The number of nitrogens with zero attached hydrogens (tertiary/aromatic N) is 6. The molecule has 6 rings (SSSR count). The van der Waals surface area contributed by atoms with E-state index in [0.29, 0.717) is 0 Å². The number of fused-ring (bicyclic) bond motifs is 8. The Kier molecular flexibility index (Phi) is 2.38. The highest BCUT2D eigenvalue weighted by Gasteiger charge is 2.20. The zero-order valence-corrected chi connectivity index (χ0v) is 15.8. The first-order valence-electron chi connectivity index (χ1n) is 8.05. The average molecular weight is 440 g/mol. The van der Waals surface area contributed by atoms with Crippen molar-refractivity contribution < 1.29 is 0 Å². The lowest BCUT2D eigenvalue weighted by molar-refractivity contribution is 0.970. The maximum absolute atomic E-state index is 4.84. The van der Waals surface area contributed by atoms with Crippen LogP contribution in [0.15, 0.2) is 42.7 Å². The van der Waals surface area contributed by atoms with Gasteiger partial charge in [-0.25, -0.2) is 12.7 Å². The Morgan fingerprint density at radius 2 is 1.84 bits per heavy atom. The predicted molar refractivity (Wildman–Crippen MR) is 108 cm³/mol. The van der Waals surface area contributed by atoms with Gasteiger partial charge in [-0.2, -0.15) is 0 Å². The largest absolute Gasteiger partial charge is 0.312 e. The van der Waals surface area contributed by atoms with Crippen LogP contribution in [-0.2, 0) is 7.05 Å². The van der Waals surface area contributed by atoms with Crippen LogP contribution in [0.1, 0.15) is 5.56 Å². The molecule has 0 bridgehead atoms. The molecule has 122 valence electrons. The third kappa shape index (κ3) is 1.46. The van der Waals surface area contributed by atoms with Crippen LogP contribution in [0, 0.1) is 6.92 Å². The van der Waals surface area contributed by atoms with Crippen molar-refractivity contribution in [2.75, 3.05) is 0 Å². The molecule has 4 heterocycles. The molecular formula is C18H13IN6. The molecule has 6 aromatic rings. The van der Waals surface area contributed by atoms with Gasteiger partial charge in [0.15, 0.2) is 0 Å². The van der Waals surface area contributed by atoms with Gasteiger partial charge in [-0.1, -0.05) is 12.1 Å². The van der Waals surface area contributed by atoms with Crippen molar-refractivity contribution in [3.05, 3.63) is 48.3 Å². The summed E-state index contributed by atoms with van der Waals surface area (Å²) in [5, 5.41) is 0. The van der Waals surface area contributed by atoms with Crippen LogP contribution < -0.4 is 0 Å². The summed E-state index contributed by atoms with van der Waals surface area (Å²) in [6.07, 6.45) is 3.86. The fraction of sp³-hybridized carbons (Fsp3) is 0.111. The van der Waals surface area contributed by atoms with Crippen molar-refractivity contribution in [1.29, 1.82) is 0 Å². The molecule has 0 unspecified atom stereocenters.